The van der Waals surface area contributed by atoms with Crippen molar-refractivity contribution in [1.29, 1.82) is 0 Å². The molecule has 0 aliphatic carbocycles. The van der Waals surface area contributed by atoms with E-state index in [1.165, 1.54) is 4.88 Å². The predicted octanol–water partition coefficient (Wildman–Crippen LogP) is 2.62. The van der Waals surface area contributed by atoms with E-state index in [9.17, 15) is 4.79 Å². The first-order valence-electron chi connectivity index (χ1n) is 6.77. The number of nitrogens with two attached hydrogens (primary N) is 1. The van der Waals surface area contributed by atoms with Crippen LogP contribution in [0.4, 0.5) is 11.4 Å². The van der Waals surface area contributed by atoms with E-state index in [1.54, 1.807) is 35.6 Å². The first kappa shape index (κ1) is 15.5. The minimum atomic E-state index is -0.0613. The second kappa shape index (κ2) is 7.75. The van der Waals surface area contributed by atoms with E-state index in [0.717, 1.165) is 17.8 Å². The Kier molecular flexibility index (Phi) is 5.71. The molecule has 1 amide bonds. The third kappa shape index (κ3) is 5.17. The second-order valence-corrected chi connectivity index (χ2v) is 5.58. The van der Waals surface area contributed by atoms with Crippen LogP contribution in [0.5, 0.6) is 0 Å². The number of carbonyl (C=O) groups excluding carboxylic acids is 1. The molecule has 1 heterocycles. The molecule has 0 saturated heterocycles. The van der Waals surface area contributed by atoms with Gasteiger partial charge in [-0.2, -0.15) is 0 Å². The van der Waals surface area contributed by atoms with E-state index < -0.39 is 0 Å². The third-order valence-corrected chi connectivity index (χ3v) is 3.98. The lowest BCUT2D eigenvalue weighted by molar-refractivity contribution is -0.117. The number of ether oxygens (including phenoxy) is 1. The molecule has 1 aromatic heterocycles. The smallest absolute Gasteiger partial charge is 0.226 e. The van der Waals surface area contributed by atoms with Gasteiger partial charge in [0.2, 0.25) is 5.91 Å². The van der Waals surface area contributed by atoms with Gasteiger partial charge in [0.1, 0.15) is 0 Å². The zero-order valence-electron chi connectivity index (χ0n) is 12.0. The molecule has 0 atom stereocenters. The summed E-state index contributed by atoms with van der Waals surface area (Å²) in [4.78, 5) is 17.1. The lowest BCUT2D eigenvalue weighted by Gasteiger charge is -2.06. The molecule has 0 aliphatic rings. The summed E-state index contributed by atoms with van der Waals surface area (Å²) in [6.45, 7) is 3.02. The van der Waals surface area contributed by atoms with E-state index in [4.69, 9.17) is 10.5 Å². The van der Waals surface area contributed by atoms with Gasteiger partial charge in [0.15, 0.2) is 0 Å². The summed E-state index contributed by atoms with van der Waals surface area (Å²) >= 11 is 1.64. The fourth-order valence-electron chi connectivity index (χ4n) is 1.79. The number of nitrogens with zero attached hydrogens (tertiary/aromatic N) is 1. The maximum atomic E-state index is 11.7. The quantitative estimate of drug-likeness (QED) is 0.609. The van der Waals surface area contributed by atoms with Gasteiger partial charge >= 0.3 is 0 Å². The van der Waals surface area contributed by atoms with Crippen LogP contribution in [-0.4, -0.2) is 24.1 Å². The minimum Gasteiger partial charge on any atom is -0.399 e. The summed E-state index contributed by atoms with van der Waals surface area (Å²) in [5.41, 5.74) is 9.90. The SMILES string of the molecule is Cc1ncsc1CCOCCC(=O)Nc1ccc(N)cc1. The van der Waals surface area contributed by atoms with E-state index >= 15 is 0 Å². The van der Waals surface area contributed by atoms with Gasteiger partial charge < -0.3 is 15.8 Å². The van der Waals surface area contributed by atoms with E-state index in [2.05, 4.69) is 10.3 Å². The summed E-state index contributed by atoms with van der Waals surface area (Å²) < 4.78 is 5.49. The predicted molar refractivity (Wildman–Crippen MR) is 85.5 cm³/mol. The fraction of sp³-hybridized carbons (Fsp3) is 0.333. The molecule has 0 aliphatic heterocycles. The van der Waals surface area contributed by atoms with Crippen molar-refractivity contribution in [2.45, 2.75) is 19.8 Å². The van der Waals surface area contributed by atoms with Crippen molar-refractivity contribution in [1.82, 2.24) is 4.98 Å². The van der Waals surface area contributed by atoms with Crippen molar-refractivity contribution in [3.05, 3.63) is 40.3 Å². The number of thiazole rings is 1. The Hall–Kier alpha value is -1.92. The number of benzene rings is 1. The number of rotatable bonds is 7. The summed E-state index contributed by atoms with van der Waals surface area (Å²) in [7, 11) is 0. The Morgan fingerprint density at radius 1 is 1.33 bits per heavy atom. The van der Waals surface area contributed by atoms with Gasteiger partial charge in [-0.15, -0.1) is 11.3 Å². The standard InChI is InChI=1S/C15H19N3O2S/c1-11-14(21-10-17-11)6-8-20-9-7-15(19)18-13-4-2-12(16)3-5-13/h2-5,10H,6-9,16H2,1H3,(H,18,19). The van der Waals surface area contributed by atoms with Crippen molar-refractivity contribution < 1.29 is 9.53 Å². The van der Waals surface area contributed by atoms with E-state index in [0.29, 0.717) is 25.3 Å². The second-order valence-electron chi connectivity index (χ2n) is 4.64. The van der Waals surface area contributed by atoms with Crippen LogP contribution in [0, 0.1) is 6.92 Å². The van der Waals surface area contributed by atoms with E-state index in [-0.39, 0.29) is 5.91 Å². The molecule has 3 N–H and O–H groups in total. The molecule has 0 saturated carbocycles. The van der Waals surface area contributed by atoms with Gasteiger partial charge in [-0.1, -0.05) is 0 Å². The Labute approximate surface area is 128 Å². The molecule has 21 heavy (non-hydrogen) atoms. The third-order valence-electron chi connectivity index (χ3n) is 2.99. The molecule has 0 spiro atoms. The zero-order chi connectivity index (χ0) is 15.1. The zero-order valence-corrected chi connectivity index (χ0v) is 12.8. The highest BCUT2D eigenvalue weighted by atomic mass is 32.1. The van der Waals surface area contributed by atoms with Crippen LogP contribution in [0.2, 0.25) is 0 Å². The van der Waals surface area contributed by atoms with E-state index in [1.807, 2.05) is 12.4 Å². The molecule has 5 nitrogen and oxygen atoms in total. The van der Waals surface area contributed by atoms with Crippen molar-refractivity contribution >= 4 is 28.6 Å². The highest BCUT2D eigenvalue weighted by molar-refractivity contribution is 7.09. The molecule has 112 valence electrons. The maximum Gasteiger partial charge on any atom is 0.226 e. The molecular weight excluding hydrogens is 286 g/mol. The summed E-state index contributed by atoms with van der Waals surface area (Å²) in [6, 6.07) is 7.06. The Morgan fingerprint density at radius 2 is 2.10 bits per heavy atom. The van der Waals surface area contributed by atoms with Crippen LogP contribution in [0.25, 0.3) is 0 Å². The number of carbonyl (C=O) groups is 1. The number of anilines is 2. The van der Waals surface area contributed by atoms with Crippen LogP contribution in [0.1, 0.15) is 17.0 Å². The first-order valence-corrected chi connectivity index (χ1v) is 7.65. The van der Waals surface area contributed by atoms with Crippen molar-refractivity contribution in [3.8, 4) is 0 Å². The lowest BCUT2D eigenvalue weighted by atomic mass is 10.3. The average molecular weight is 305 g/mol. The normalized spacial score (nSPS) is 10.5. The number of nitrogens with one attached hydrogen (secondary N) is 1. The van der Waals surface area contributed by atoms with Gasteiger partial charge in [0.05, 0.1) is 30.8 Å². The van der Waals surface area contributed by atoms with Gasteiger partial charge in [0.25, 0.3) is 0 Å². The highest BCUT2D eigenvalue weighted by Crippen LogP contribution is 2.13. The number of hydrogen-bond donors (Lipinski definition) is 2. The summed E-state index contributed by atoms with van der Waals surface area (Å²) in [5, 5.41) is 2.80. The molecular formula is C15H19N3O2S. The van der Waals surface area contributed by atoms with Crippen LogP contribution >= 0.6 is 11.3 Å². The van der Waals surface area contributed by atoms with Crippen LogP contribution in [0.3, 0.4) is 0 Å². The first-order chi connectivity index (χ1) is 10.1. The molecule has 1 aromatic carbocycles. The number of nitrogen functional groups attached to an aromatic ring is 1. The number of hydrogen-bond acceptors (Lipinski definition) is 5. The summed E-state index contributed by atoms with van der Waals surface area (Å²) in [5.74, 6) is -0.0613. The molecule has 0 fully saturated rings. The minimum absolute atomic E-state index is 0.0613. The Morgan fingerprint density at radius 3 is 2.76 bits per heavy atom. The van der Waals surface area contributed by atoms with Gasteiger partial charge in [-0.05, 0) is 31.2 Å². The summed E-state index contributed by atoms with van der Waals surface area (Å²) in [6.07, 6.45) is 1.18. The molecule has 0 radical (unpaired) electrons. The number of amides is 1. The monoisotopic (exact) mass is 305 g/mol. The topological polar surface area (TPSA) is 77.2 Å². The van der Waals surface area contributed by atoms with Crippen LogP contribution < -0.4 is 11.1 Å². The van der Waals surface area contributed by atoms with Gasteiger partial charge in [-0.3, -0.25) is 4.79 Å². The molecule has 0 unspecified atom stereocenters. The molecule has 2 aromatic rings. The molecule has 6 heteroatoms. The lowest BCUT2D eigenvalue weighted by Crippen LogP contribution is -2.14. The van der Waals surface area contributed by atoms with Crippen molar-refractivity contribution in [3.63, 3.8) is 0 Å². The number of aromatic nitrogens is 1. The largest absolute Gasteiger partial charge is 0.399 e. The Balaban J connectivity index is 1.61. The van der Waals surface area contributed by atoms with Crippen molar-refractivity contribution in [2.24, 2.45) is 0 Å². The van der Waals surface area contributed by atoms with Crippen LogP contribution in [0.15, 0.2) is 29.8 Å². The fourth-order valence-corrected chi connectivity index (χ4v) is 2.55. The van der Waals surface area contributed by atoms with Gasteiger partial charge in [-0.25, -0.2) is 4.98 Å². The molecule has 0 bridgehead atoms. The molecule has 2 rings (SSSR count). The van der Waals surface area contributed by atoms with Crippen molar-refractivity contribution in [2.75, 3.05) is 24.3 Å². The van der Waals surface area contributed by atoms with Gasteiger partial charge in [0, 0.05) is 22.7 Å². The van der Waals surface area contributed by atoms with Crippen LogP contribution in [-0.2, 0) is 16.0 Å². The number of aryl methyl sites for hydroxylation is 1. The maximum absolute atomic E-state index is 11.7. The Bertz CT molecular complexity index is 581. The highest BCUT2D eigenvalue weighted by Gasteiger charge is 2.04. The average Bonchev–Trinajstić information content (AvgIpc) is 2.87.